The second-order valence-electron chi connectivity index (χ2n) is 3.58. The molecule has 0 aromatic rings. The van der Waals surface area contributed by atoms with Gasteiger partial charge in [0.1, 0.15) is 0 Å². The number of fused-ring (bicyclic) bond motifs is 1. The van der Waals surface area contributed by atoms with Gasteiger partial charge in [-0.3, -0.25) is 9.59 Å². The summed E-state index contributed by atoms with van der Waals surface area (Å²) in [5, 5.41) is 0. The Morgan fingerprint density at radius 3 is 2.69 bits per heavy atom. The van der Waals surface area contributed by atoms with E-state index in [1.165, 1.54) is 0 Å². The summed E-state index contributed by atoms with van der Waals surface area (Å²) in [7, 11) is 4.75. The average molecular weight is 218 g/mol. The van der Waals surface area contributed by atoms with E-state index < -0.39 is 5.87 Å². The average Bonchev–Trinajstić information content (AvgIpc) is 3.06. The number of hydrogen-bond donors (Lipinski definition) is 0. The zero-order valence-corrected chi connectivity index (χ0v) is 9.60. The maximum absolute atomic E-state index is 11.4. The summed E-state index contributed by atoms with van der Waals surface area (Å²) in [5.41, 5.74) is 0.630. The van der Waals surface area contributed by atoms with E-state index >= 15 is 0 Å². The predicted molar refractivity (Wildman–Crippen MR) is 62.3 cm³/mol. The fourth-order valence-electron chi connectivity index (χ4n) is 1.57. The smallest absolute Gasteiger partial charge is 0.236 e. The maximum atomic E-state index is 11.4. The summed E-state index contributed by atoms with van der Waals surface area (Å²) >= 11 is 0. The quantitative estimate of drug-likeness (QED) is 0.680. The van der Waals surface area contributed by atoms with Gasteiger partial charge in [-0.15, -0.1) is 0 Å². The Labute approximate surface area is 97.0 Å². The molecule has 4 heteroatoms. The Hall–Kier alpha value is -1.32. The first kappa shape index (κ1) is 12.8. The van der Waals surface area contributed by atoms with Gasteiger partial charge in [-0.05, 0) is 18.3 Å². The van der Waals surface area contributed by atoms with Crippen molar-refractivity contribution in [1.29, 1.82) is 0 Å². The molecule has 0 bridgehead atoms. The summed E-state index contributed by atoms with van der Waals surface area (Å²) in [6, 6.07) is 0. The molecule has 0 saturated heterocycles. The van der Waals surface area contributed by atoms with Crippen LogP contribution in [0.4, 0.5) is 4.79 Å². The van der Waals surface area contributed by atoms with Gasteiger partial charge in [-0.25, -0.2) is 0 Å². The molecule has 2 aliphatic rings. The number of ether oxygens (including phenoxy) is 1. The van der Waals surface area contributed by atoms with Crippen LogP contribution in [0.25, 0.3) is 0 Å². The van der Waals surface area contributed by atoms with Crippen LogP contribution in [-0.2, 0) is 9.53 Å². The summed E-state index contributed by atoms with van der Waals surface area (Å²) in [5.74, 6) is 0.0459. The predicted octanol–water partition coefficient (Wildman–Crippen LogP) is 2.02. The zero-order valence-electron chi connectivity index (χ0n) is 9.60. The third kappa shape index (κ3) is 3.37. The highest BCUT2D eigenvalue weighted by molar-refractivity contribution is 6.55. The van der Waals surface area contributed by atoms with E-state index in [0.29, 0.717) is 17.4 Å². The zero-order chi connectivity index (χ0) is 12.1. The lowest BCUT2D eigenvalue weighted by atomic mass is 10.0. The summed E-state index contributed by atoms with van der Waals surface area (Å²) in [4.78, 5) is 21.7. The molecule has 0 aromatic heterocycles. The van der Waals surface area contributed by atoms with Crippen LogP contribution in [0.2, 0.25) is 0 Å². The van der Waals surface area contributed by atoms with Crippen molar-refractivity contribution in [3.8, 4) is 0 Å². The Morgan fingerprint density at radius 1 is 1.44 bits per heavy atom. The SMILES string of the molecule is CC.[B]C(=O)OCC(=O)C1=CC2CC2C=C1. The molecule has 1 fully saturated rings. The molecule has 3 nitrogen and oxygen atoms in total. The minimum Gasteiger partial charge on any atom is -0.466 e. The van der Waals surface area contributed by atoms with E-state index in [1.807, 2.05) is 26.0 Å². The third-order valence-corrected chi connectivity index (χ3v) is 2.48. The molecule has 84 valence electrons. The van der Waals surface area contributed by atoms with Gasteiger partial charge in [0, 0.05) is 5.57 Å². The molecule has 0 spiro atoms. The Balaban J connectivity index is 0.000000606. The summed E-state index contributed by atoms with van der Waals surface area (Å²) in [6.07, 6.45) is 6.89. The van der Waals surface area contributed by atoms with E-state index in [9.17, 15) is 9.59 Å². The number of carbonyl (C=O) groups excluding carboxylic acids is 2. The van der Waals surface area contributed by atoms with Gasteiger partial charge in [0.15, 0.2) is 12.4 Å². The topological polar surface area (TPSA) is 43.4 Å². The van der Waals surface area contributed by atoms with E-state index in [2.05, 4.69) is 4.74 Å². The molecule has 1 saturated carbocycles. The van der Waals surface area contributed by atoms with Crippen molar-refractivity contribution in [3.63, 3.8) is 0 Å². The normalized spacial score (nSPS) is 24.5. The van der Waals surface area contributed by atoms with Crippen molar-refractivity contribution in [2.75, 3.05) is 6.61 Å². The Morgan fingerprint density at radius 2 is 2.12 bits per heavy atom. The second-order valence-corrected chi connectivity index (χ2v) is 3.58. The molecule has 2 atom stereocenters. The number of hydrogen-bond acceptors (Lipinski definition) is 3. The molecule has 2 rings (SSSR count). The van der Waals surface area contributed by atoms with Gasteiger partial charge in [-0.2, -0.15) is 0 Å². The number of ketones is 1. The monoisotopic (exact) mass is 218 g/mol. The molecule has 0 amide bonds. The van der Waals surface area contributed by atoms with Gasteiger partial charge in [0.05, 0.1) is 0 Å². The third-order valence-electron chi connectivity index (χ3n) is 2.48. The lowest BCUT2D eigenvalue weighted by Gasteiger charge is -2.05. The largest absolute Gasteiger partial charge is 0.466 e. The number of Topliss-reactive ketones (excluding diaryl/α,β-unsaturated/α-hetero) is 1. The van der Waals surface area contributed by atoms with Crippen LogP contribution in [-0.4, -0.2) is 26.1 Å². The first-order valence-corrected chi connectivity index (χ1v) is 5.52. The summed E-state index contributed by atoms with van der Waals surface area (Å²) < 4.78 is 4.42. The molecule has 2 unspecified atom stereocenters. The summed E-state index contributed by atoms with van der Waals surface area (Å²) in [6.45, 7) is 3.74. The standard InChI is InChI=1S/C10H9BO3.C2H6/c11-10(13)14-5-9(12)7-2-1-6-3-8(6)4-7;1-2/h1-2,4,6,8H,3,5H2;1-2H3. The van der Waals surface area contributed by atoms with Crippen LogP contribution in [0.3, 0.4) is 0 Å². The molecule has 2 aliphatic carbocycles. The molecule has 0 aromatic carbocycles. The van der Waals surface area contributed by atoms with Gasteiger partial charge in [-0.1, -0.05) is 32.1 Å². The molecule has 16 heavy (non-hydrogen) atoms. The number of carbonyl (C=O) groups is 2. The van der Waals surface area contributed by atoms with Crippen molar-refractivity contribution in [2.45, 2.75) is 20.3 Å². The molecular formula is C12H15BO3. The highest BCUT2D eigenvalue weighted by atomic mass is 16.5. The molecule has 2 radical (unpaired) electrons. The maximum Gasteiger partial charge on any atom is 0.236 e. The molecule has 0 heterocycles. The van der Waals surface area contributed by atoms with Crippen LogP contribution >= 0.6 is 0 Å². The highest BCUT2D eigenvalue weighted by Gasteiger charge is 2.35. The van der Waals surface area contributed by atoms with Crippen molar-refractivity contribution in [3.05, 3.63) is 23.8 Å². The van der Waals surface area contributed by atoms with E-state index in [0.717, 1.165) is 6.42 Å². The van der Waals surface area contributed by atoms with Crippen molar-refractivity contribution in [1.82, 2.24) is 0 Å². The minimum atomic E-state index is -0.914. The fourth-order valence-corrected chi connectivity index (χ4v) is 1.57. The lowest BCUT2D eigenvalue weighted by Crippen LogP contribution is -2.14. The van der Waals surface area contributed by atoms with Gasteiger partial charge in [0.25, 0.3) is 0 Å². The van der Waals surface area contributed by atoms with E-state index in [-0.39, 0.29) is 12.4 Å². The van der Waals surface area contributed by atoms with Crippen LogP contribution in [0.5, 0.6) is 0 Å². The first-order valence-electron chi connectivity index (χ1n) is 5.52. The first-order chi connectivity index (χ1) is 7.66. The highest BCUT2D eigenvalue weighted by Crippen LogP contribution is 2.44. The number of allylic oxidation sites excluding steroid dienone is 3. The van der Waals surface area contributed by atoms with Crippen LogP contribution < -0.4 is 0 Å². The van der Waals surface area contributed by atoms with Crippen LogP contribution in [0, 0.1) is 11.8 Å². The van der Waals surface area contributed by atoms with Crippen LogP contribution in [0.15, 0.2) is 23.8 Å². The fraction of sp³-hybridized carbons (Fsp3) is 0.500. The lowest BCUT2D eigenvalue weighted by molar-refractivity contribution is -0.117. The van der Waals surface area contributed by atoms with E-state index in [4.69, 9.17) is 7.85 Å². The molecular weight excluding hydrogens is 203 g/mol. The van der Waals surface area contributed by atoms with E-state index in [1.54, 1.807) is 6.08 Å². The Kier molecular flexibility index (Phi) is 4.53. The van der Waals surface area contributed by atoms with Crippen molar-refractivity contribution < 1.29 is 14.3 Å². The van der Waals surface area contributed by atoms with Crippen LogP contribution in [0.1, 0.15) is 20.3 Å². The minimum absolute atomic E-state index is 0.189. The number of rotatable bonds is 3. The van der Waals surface area contributed by atoms with Crippen molar-refractivity contribution in [2.24, 2.45) is 11.8 Å². The second kappa shape index (κ2) is 5.68. The molecule has 0 aliphatic heterocycles. The van der Waals surface area contributed by atoms with Gasteiger partial charge >= 0.3 is 0 Å². The van der Waals surface area contributed by atoms with Gasteiger partial charge < -0.3 is 4.74 Å². The molecule has 0 N–H and O–H groups in total. The van der Waals surface area contributed by atoms with Gasteiger partial charge in [0.2, 0.25) is 13.7 Å². The Bertz CT molecular complexity index is 344. The van der Waals surface area contributed by atoms with Crippen molar-refractivity contribution >= 4 is 19.5 Å².